The Balaban J connectivity index is 1.86. The van der Waals surface area contributed by atoms with E-state index < -0.39 is 0 Å². The first-order valence-corrected chi connectivity index (χ1v) is 7.97. The molecule has 0 atom stereocenters. The van der Waals surface area contributed by atoms with Gasteiger partial charge in [0.2, 0.25) is 0 Å². The molecule has 0 fully saturated rings. The first kappa shape index (κ1) is 15.0. The highest BCUT2D eigenvalue weighted by Crippen LogP contribution is 2.23. The molecule has 3 aromatic rings. The highest BCUT2D eigenvalue weighted by atomic mass is 79.9. The van der Waals surface area contributed by atoms with Gasteiger partial charge in [-0.05, 0) is 47.5 Å². The van der Waals surface area contributed by atoms with E-state index in [4.69, 9.17) is 11.6 Å². The zero-order valence-electron chi connectivity index (χ0n) is 11.6. The van der Waals surface area contributed by atoms with Crippen LogP contribution in [-0.2, 0) is 0 Å². The Bertz CT molecular complexity index is 790. The van der Waals surface area contributed by atoms with Gasteiger partial charge in [0.15, 0.2) is 5.78 Å². The van der Waals surface area contributed by atoms with E-state index in [-0.39, 0.29) is 5.78 Å². The molecule has 0 N–H and O–H groups in total. The summed E-state index contributed by atoms with van der Waals surface area (Å²) in [5.41, 5.74) is 3.51. The van der Waals surface area contributed by atoms with Gasteiger partial charge in [-0.15, -0.1) is 0 Å². The first-order valence-electron chi connectivity index (χ1n) is 6.80. The Kier molecular flexibility index (Phi) is 4.41. The number of benzene rings is 3. The maximum Gasteiger partial charge on any atom is 0.193 e. The normalized spacial score (nSPS) is 10.5. The Morgan fingerprint density at radius 2 is 1.09 bits per heavy atom. The average Bonchev–Trinajstić information content (AvgIpc) is 2.56. The number of rotatable bonds is 3. The molecule has 3 rings (SSSR count). The van der Waals surface area contributed by atoms with Crippen LogP contribution < -0.4 is 0 Å². The molecule has 0 amide bonds. The molecule has 0 saturated heterocycles. The standard InChI is InChI=1S/C19H12BrClO/c20-17-9-5-14(6-10-17)13-1-3-15(4-2-13)19(22)16-7-11-18(21)12-8-16/h1-12H. The summed E-state index contributed by atoms with van der Waals surface area (Å²) in [6.45, 7) is 0. The second kappa shape index (κ2) is 6.47. The Morgan fingerprint density at radius 3 is 1.59 bits per heavy atom. The van der Waals surface area contributed by atoms with Crippen LogP contribution in [0, 0.1) is 0 Å². The van der Waals surface area contributed by atoms with Crippen LogP contribution in [0.15, 0.2) is 77.3 Å². The van der Waals surface area contributed by atoms with Gasteiger partial charge >= 0.3 is 0 Å². The molecule has 0 aliphatic carbocycles. The molecule has 3 aromatic carbocycles. The van der Waals surface area contributed by atoms with Gasteiger partial charge in [0.25, 0.3) is 0 Å². The minimum atomic E-state index is -0.000905. The van der Waals surface area contributed by atoms with Crippen molar-refractivity contribution in [1.29, 1.82) is 0 Å². The predicted molar refractivity (Wildman–Crippen MR) is 94.5 cm³/mol. The van der Waals surface area contributed by atoms with Crippen LogP contribution in [0.2, 0.25) is 5.02 Å². The van der Waals surface area contributed by atoms with E-state index in [1.807, 2.05) is 48.5 Å². The number of hydrogen-bond donors (Lipinski definition) is 0. The summed E-state index contributed by atoms with van der Waals surface area (Å²) in [5.74, 6) is -0.000905. The molecule has 3 heteroatoms. The lowest BCUT2D eigenvalue weighted by Gasteiger charge is -2.05. The van der Waals surface area contributed by atoms with Gasteiger partial charge in [0.05, 0.1) is 0 Å². The quantitative estimate of drug-likeness (QED) is 0.516. The van der Waals surface area contributed by atoms with Gasteiger partial charge < -0.3 is 0 Å². The summed E-state index contributed by atoms with van der Waals surface area (Å²) in [6, 6.07) is 22.7. The van der Waals surface area contributed by atoms with Crippen molar-refractivity contribution >= 4 is 33.3 Å². The number of halogens is 2. The summed E-state index contributed by atoms with van der Waals surface area (Å²) in [4.78, 5) is 12.4. The van der Waals surface area contributed by atoms with Crippen LogP contribution in [0.4, 0.5) is 0 Å². The number of carbonyl (C=O) groups excluding carboxylic acids is 1. The average molecular weight is 372 g/mol. The van der Waals surface area contributed by atoms with Crippen molar-refractivity contribution < 1.29 is 4.79 Å². The molecule has 0 saturated carbocycles. The fourth-order valence-electron chi connectivity index (χ4n) is 2.22. The molecular formula is C19H12BrClO. The molecule has 0 aliphatic heterocycles. The Hall–Kier alpha value is -1.90. The monoisotopic (exact) mass is 370 g/mol. The maximum atomic E-state index is 12.4. The molecule has 0 aliphatic rings. The first-order chi connectivity index (χ1) is 10.6. The highest BCUT2D eigenvalue weighted by Gasteiger charge is 2.09. The number of carbonyl (C=O) groups is 1. The van der Waals surface area contributed by atoms with Gasteiger partial charge in [0, 0.05) is 20.6 Å². The van der Waals surface area contributed by atoms with E-state index in [9.17, 15) is 4.79 Å². The minimum absolute atomic E-state index is 0.000905. The SMILES string of the molecule is O=C(c1ccc(Cl)cc1)c1ccc(-c2ccc(Br)cc2)cc1. The van der Waals surface area contributed by atoms with Gasteiger partial charge in [-0.2, -0.15) is 0 Å². The molecule has 0 bridgehead atoms. The molecule has 0 spiro atoms. The third-order valence-corrected chi connectivity index (χ3v) is 4.21. The lowest BCUT2D eigenvalue weighted by Crippen LogP contribution is -2.00. The molecule has 0 radical (unpaired) electrons. The number of hydrogen-bond acceptors (Lipinski definition) is 1. The topological polar surface area (TPSA) is 17.1 Å². The van der Waals surface area contributed by atoms with Crippen LogP contribution in [0.1, 0.15) is 15.9 Å². The predicted octanol–water partition coefficient (Wildman–Crippen LogP) is 6.00. The largest absolute Gasteiger partial charge is 0.289 e. The van der Waals surface area contributed by atoms with Crippen LogP contribution >= 0.6 is 27.5 Å². The van der Waals surface area contributed by atoms with Gasteiger partial charge in [-0.1, -0.05) is 63.9 Å². The minimum Gasteiger partial charge on any atom is -0.289 e. The van der Waals surface area contributed by atoms with E-state index in [2.05, 4.69) is 15.9 Å². The number of ketones is 1. The van der Waals surface area contributed by atoms with Gasteiger partial charge in [0.1, 0.15) is 0 Å². The second-order valence-corrected chi connectivity index (χ2v) is 6.27. The lowest BCUT2D eigenvalue weighted by molar-refractivity contribution is 0.103. The zero-order chi connectivity index (χ0) is 15.5. The summed E-state index contributed by atoms with van der Waals surface area (Å²) >= 11 is 9.27. The fourth-order valence-corrected chi connectivity index (χ4v) is 2.61. The van der Waals surface area contributed by atoms with E-state index in [1.54, 1.807) is 24.3 Å². The van der Waals surface area contributed by atoms with Gasteiger partial charge in [-0.3, -0.25) is 4.79 Å². The molecule has 0 heterocycles. The third kappa shape index (κ3) is 3.29. The van der Waals surface area contributed by atoms with Crippen molar-refractivity contribution in [2.75, 3.05) is 0 Å². The smallest absolute Gasteiger partial charge is 0.193 e. The zero-order valence-corrected chi connectivity index (χ0v) is 13.9. The van der Waals surface area contributed by atoms with E-state index in [0.29, 0.717) is 16.1 Å². The van der Waals surface area contributed by atoms with E-state index >= 15 is 0 Å². The maximum absolute atomic E-state index is 12.4. The summed E-state index contributed by atoms with van der Waals surface area (Å²) in [5, 5.41) is 0.627. The van der Waals surface area contributed by atoms with Crippen molar-refractivity contribution in [3.8, 4) is 11.1 Å². The van der Waals surface area contributed by atoms with Crippen molar-refractivity contribution in [3.05, 3.63) is 93.4 Å². The van der Waals surface area contributed by atoms with Crippen LogP contribution in [0.3, 0.4) is 0 Å². The molecule has 108 valence electrons. The Morgan fingerprint density at radius 1 is 0.682 bits per heavy atom. The summed E-state index contributed by atoms with van der Waals surface area (Å²) < 4.78 is 1.05. The Labute approximate surface area is 142 Å². The highest BCUT2D eigenvalue weighted by molar-refractivity contribution is 9.10. The molecule has 22 heavy (non-hydrogen) atoms. The van der Waals surface area contributed by atoms with Crippen LogP contribution in [0.25, 0.3) is 11.1 Å². The van der Waals surface area contributed by atoms with E-state index in [0.717, 1.165) is 15.6 Å². The second-order valence-electron chi connectivity index (χ2n) is 4.92. The van der Waals surface area contributed by atoms with Crippen LogP contribution in [0.5, 0.6) is 0 Å². The molecule has 0 aromatic heterocycles. The van der Waals surface area contributed by atoms with Crippen molar-refractivity contribution in [1.82, 2.24) is 0 Å². The summed E-state index contributed by atoms with van der Waals surface area (Å²) in [7, 11) is 0. The lowest BCUT2D eigenvalue weighted by atomic mass is 9.99. The third-order valence-electron chi connectivity index (χ3n) is 3.43. The molecular weight excluding hydrogens is 360 g/mol. The van der Waals surface area contributed by atoms with E-state index in [1.165, 1.54) is 0 Å². The summed E-state index contributed by atoms with van der Waals surface area (Å²) in [6.07, 6.45) is 0. The van der Waals surface area contributed by atoms with Gasteiger partial charge in [-0.25, -0.2) is 0 Å². The van der Waals surface area contributed by atoms with Crippen molar-refractivity contribution in [2.45, 2.75) is 0 Å². The fraction of sp³-hybridized carbons (Fsp3) is 0. The van der Waals surface area contributed by atoms with Crippen molar-refractivity contribution in [3.63, 3.8) is 0 Å². The van der Waals surface area contributed by atoms with Crippen molar-refractivity contribution in [2.24, 2.45) is 0 Å². The van der Waals surface area contributed by atoms with Crippen LogP contribution in [-0.4, -0.2) is 5.78 Å². The molecule has 0 unspecified atom stereocenters. The molecule has 1 nitrogen and oxygen atoms in total.